The van der Waals surface area contributed by atoms with Crippen molar-refractivity contribution in [1.29, 1.82) is 0 Å². The average Bonchev–Trinajstić information content (AvgIpc) is 0.811. The molecule has 0 fully saturated rings. The molecule has 1 unspecified atom stereocenters. The number of hydrogen-bond acceptors (Lipinski definition) is 2. The maximum absolute atomic E-state index is 8.69. The summed E-state index contributed by atoms with van der Waals surface area (Å²) in [5.74, 6) is 0. The molecule has 0 aliphatic carbocycles. The van der Waals surface area contributed by atoms with Crippen LogP contribution in [0.2, 0.25) is 0 Å². The van der Waals surface area contributed by atoms with Crippen molar-refractivity contribution < 1.29 is 11.9 Å². The predicted molar refractivity (Wildman–Crippen MR) is 10.1 cm³/mol. The van der Waals surface area contributed by atoms with E-state index in [1.54, 1.807) is 0 Å². The molecule has 4 heavy (non-hydrogen) atoms. The second kappa shape index (κ2) is 1.58. The summed E-state index contributed by atoms with van der Waals surface area (Å²) in [6.45, 7) is 0. The van der Waals surface area contributed by atoms with Gasteiger partial charge in [-0.2, -0.15) is 0 Å². The van der Waals surface area contributed by atoms with Gasteiger partial charge in [-0.15, -0.1) is 0 Å². The van der Waals surface area contributed by atoms with Crippen LogP contribution in [-0.4, -0.2) is 19.4 Å². The molecular formula is H2AsO3-. The first-order chi connectivity index (χ1) is 1.73. The van der Waals surface area contributed by atoms with E-state index in [4.69, 9.17) is 11.9 Å². The van der Waals surface area contributed by atoms with E-state index >= 15 is 0 Å². The molecule has 0 saturated heterocycles. The Hall–Kier alpha value is 0.278. The molecule has 0 aliphatic heterocycles. The van der Waals surface area contributed by atoms with Crippen molar-refractivity contribution >= 4 is 15.3 Å². The SMILES string of the molecule is O=[AsH]([O-])O. The topological polar surface area (TPSA) is 60.4 Å². The maximum atomic E-state index is 8.69. The molecule has 0 aromatic rings. The first-order valence-corrected chi connectivity index (χ1v) is 3.28. The van der Waals surface area contributed by atoms with Gasteiger partial charge in [0.2, 0.25) is 0 Å². The summed E-state index contributed by atoms with van der Waals surface area (Å²) in [5.41, 5.74) is 0. The third-order valence-electron chi connectivity index (χ3n) is 0. The standard InChI is InChI=1S/AsH3O3/c2-1(3)4/h1H,(H2,2,3,4)/p-1. The first-order valence-electron chi connectivity index (χ1n) is 0.632. The van der Waals surface area contributed by atoms with E-state index < -0.39 is 15.3 Å². The van der Waals surface area contributed by atoms with Crippen molar-refractivity contribution in [2.24, 2.45) is 0 Å². The average molecular weight is 125 g/mol. The fourth-order valence-corrected chi connectivity index (χ4v) is 0. The Bertz CT molecular complexity index is 26.3. The van der Waals surface area contributed by atoms with Crippen molar-refractivity contribution in [3.8, 4) is 0 Å². The summed E-state index contributed by atoms with van der Waals surface area (Å²) in [4.78, 5) is 0. The van der Waals surface area contributed by atoms with E-state index in [1.807, 2.05) is 0 Å². The zero-order chi connectivity index (χ0) is 3.58. The Kier molecular flexibility index (Phi) is 1.69. The van der Waals surface area contributed by atoms with Gasteiger partial charge in [0.25, 0.3) is 0 Å². The van der Waals surface area contributed by atoms with Gasteiger partial charge in [0.05, 0.1) is 0 Å². The van der Waals surface area contributed by atoms with Crippen LogP contribution in [0.25, 0.3) is 0 Å². The van der Waals surface area contributed by atoms with Gasteiger partial charge in [0.1, 0.15) is 0 Å². The zero-order valence-electron chi connectivity index (χ0n) is 1.76. The van der Waals surface area contributed by atoms with E-state index in [0.29, 0.717) is 0 Å². The molecule has 0 aromatic carbocycles. The van der Waals surface area contributed by atoms with Crippen molar-refractivity contribution in [1.82, 2.24) is 0 Å². The van der Waals surface area contributed by atoms with E-state index in [-0.39, 0.29) is 0 Å². The molecule has 0 amide bonds. The molecule has 0 saturated carbocycles. The number of hydrogen-bond donors (Lipinski definition) is 1. The monoisotopic (exact) mass is 125 g/mol. The summed E-state index contributed by atoms with van der Waals surface area (Å²) in [6.07, 6.45) is 0. The minimum absolute atomic E-state index is 3.83. The molecule has 1 N–H and O–H groups in total. The van der Waals surface area contributed by atoms with Crippen molar-refractivity contribution in [2.45, 2.75) is 0 Å². The van der Waals surface area contributed by atoms with Crippen molar-refractivity contribution in [3.63, 3.8) is 0 Å². The van der Waals surface area contributed by atoms with E-state index in [9.17, 15) is 0 Å². The second-order valence-corrected chi connectivity index (χ2v) is 1.38. The Labute approximate surface area is 28.1 Å². The Morgan fingerprint density at radius 3 is 2.00 bits per heavy atom. The Morgan fingerprint density at radius 2 is 2.00 bits per heavy atom. The molecule has 1 atom stereocenters. The molecular weight excluding hydrogens is 123 g/mol. The van der Waals surface area contributed by atoms with E-state index in [0.717, 1.165) is 0 Å². The van der Waals surface area contributed by atoms with Crippen LogP contribution in [0.3, 0.4) is 0 Å². The van der Waals surface area contributed by atoms with Crippen molar-refractivity contribution in [3.05, 3.63) is 0 Å². The molecule has 0 bridgehead atoms. The summed E-state index contributed by atoms with van der Waals surface area (Å²) in [6, 6.07) is 0. The first kappa shape index (κ1) is 4.28. The van der Waals surface area contributed by atoms with E-state index in [1.165, 1.54) is 0 Å². The molecule has 0 aromatic heterocycles. The normalized spacial score (nSPS) is 15.5. The molecule has 0 radical (unpaired) electrons. The van der Waals surface area contributed by atoms with Crippen LogP contribution in [0.15, 0.2) is 0 Å². The zero-order valence-corrected chi connectivity index (χ0v) is 3.86. The Balaban J connectivity index is 2.80. The third kappa shape index (κ3) is 48.0. The van der Waals surface area contributed by atoms with Crippen molar-refractivity contribution in [2.75, 3.05) is 0 Å². The van der Waals surface area contributed by atoms with Gasteiger partial charge < -0.3 is 0 Å². The molecule has 0 aliphatic rings. The van der Waals surface area contributed by atoms with Crippen LogP contribution < -0.4 is 4.10 Å². The van der Waals surface area contributed by atoms with Crippen LogP contribution in [0.5, 0.6) is 0 Å². The summed E-state index contributed by atoms with van der Waals surface area (Å²) < 4.78 is 24.5. The third-order valence-corrected chi connectivity index (χ3v) is 0. The summed E-state index contributed by atoms with van der Waals surface area (Å²) >= 11 is -3.83. The summed E-state index contributed by atoms with van der Waals surface area (Å²) in [5, 5.41) is 0. The van der Waals surface area contributed by atoms with Gasteiger partial charge in [0.15, 0.2) is 0 Å². The molecule has 0 spiro atoms. The van der Waals surface area contributed by atoms with Gasteiger partial charge in [0, 0.05) is 0 Å². The predicted octanol–water partition coefficient (Wildman–Crippen LogP) is -2.51. The molecule has 26 valence electrons. The van der Waals surface area contributed by atoms with Crippen LogP contribution in [0.4, 0.5) is 0 Å². The van der Waals surface area contributed by atoms with Crippen LogP contribution in [-0.2, 0) is 3.74 Å². The molecule has 4 heteroatoms. The molecule has 0 heterocycles. The van der Waals surface area contributed by atoms with Crippen LogP contribution in [0, 0.1) is 0 Å². The van der Waals surface area contributed by atoms with Gasteiger partial charge in [-0.05, 0) is 0 Å². The van der Waals surface area contributed by atoms with Crippen LogP contribution >= 0.6 is 0 Å². The fourth-order valence-electron chi connectivity index (χ4n) is 0. The summed E-state index contributed by atoms with van der Waals surface area (Å²) in [7, 11) is 0. The van der Waals surface area contributed by atoms with Gasteiger partial charge in [-0.1, -0.05) is 0 Å². The second-order valence-electron chi connectivity index (χ2n) is 0.266. The minimum atomic E-state index is -3.83. The number of rotatable bonds is 0. The fraction of sp³-hybridized carbons (Fsp3) is 0. The van der Waals surface area contributed by atoms with Gasteiger partial charge >= 0.3 is 27.2 Å². The Morgan fingerprint density at radius 1 is 2.00 bits per heavy atom. The molecule has 0 rings (SSSR count). The quantitative estimate of drug-likeness (QED) is 0.363. The molecule has 3 nitrogen and oxygen atoms in total. The van der Waals surface area contributed by atoms with Gasteiger partial charge in [-0.3, -0.25) is 0 Å². The van der Waals surface area contributed by atoms with E-state index in [2.05, 4.69) is 0 Å². The van der Waals surface area contributed by atoms with Crippen LogP contribution in [0.1, 0.15) is 0 Å². The van der Waals surface area contributed by atoms with Gasteiger partial charge in [-0.25, -0.2) is 0 Å².